The lowest BCUT2D eigenvalue weighted by Crippen LogP contribution is -2.08. The first kappa shape index (κ1) is 17.1. The van der Waals surface area contributed by atoms with Crippen LogP contribution in [0.3, 0.4) is 0 Å². The Labute approximate surface area is 168 Å². The van der Waals surface area contributed by atoms with Crippen LogP contribution in [0, 0.1) is 0 Å². The van der Waals surface area contributed by atoms with Gasteiger partial charge in [-0.2, -0.15) is 0 Å². The average molecular weight is 378 g/mol. The maximum atomic E-state index is 2.31. The smallest absolute Gasteiger partial charge is 0.0619 e. The predicted octanol–water partition coefficient (Wildman–Crippen LogP) is 7.23. The van der Waals surface area contributed by atoms with Crippen LogP contribution in [0.15, 0.2) is 125 Å². The molecule has 0 nitrogen and oxygen atoms in total. The minimum atomic E-state index is -0.0328. The molecule has 28 heavy (non-hydrogen) atoms. The van der Waals surface area contributed by atoms with Crippen LogP contribution in [-0.4, -0.2) is 0 Å². The zero-order chi connectivity index (χ0) is 18.8. The van der Waals surface area contributed by atoms with Crippen molar-refractivity contribution in [2.24, 2.45) is 0 Å². The normalized spacial score (nSPS) is 12.3. The first-order valence-corrected chi connectivity index (χ1v) is 11.0. The van der Waals surface area contributed by atoms with Gasteiger partial charge in [0.1, 0.15) is 5.75 Å². The number of rotatable bonds is 4. The molecular formula is C27H21S+. The van der Waals surface area contributed by atoms with E-state index in [9.17, 15) is 0 Å². The van der Waals surface area contributed by atoms with E-state index < -0.39 is 0 Å². The summed E-state index contributed by atoms with van der Waals surface area (Å²) in [5.41, 5.74) is 1.42. The highest BCUT2D eigenvalue weighted by atomic mass is 32.2. The van der Waals surface area contributed by atoms with Crippen LogP contribution >= 0.6 is 0 Å². The molecule has 0 N–H and O–H groups in total. The Hall–Kier alpha value is -3.03. The fourth-order valence-electron chi connectivity index (χ4n) is 3.86. The van der Waals surface area contributed by atoms with Gasteiger partial charge < -0.3 is 0 Å². The molecule has 5 aromatic rings. The van der Waals surface area contributed by atoms with Gasteiger partial charge in [-0.3, -0.25) is 0 Å². The van der Waals surface area contributed by atoms with Crippen molar-refractivity contribution in [3.63, 3.8) is 0 Å². The summed E-state index contributed by atoms with van der Waals surface area (Å²) >= 11 is 0. The van der Waals surface area contributed by atoms with Crippen LogP contribution in [0.5, 0.6) is 0 Å². The van der Waals surface area contributed by atoms with Gasteiger partial charge in [0.15, 0.2) is 9.79 Å². The standard InChI is InChI=1S/C27H21S/c1-2-15-24(16-3-1)28(27-19-9-13-22-11-5-7-18-26(22)27)20-23-14-8-12-21-10-4-6-17-25(21)23/h1-19H,20H2/q+1. The third kappa shape index (κ3) is 3.19. The van der Waals surface area contributed by atoms with Crippen molar-refractivity contribution in [3.05, 3.63) is 121 Å². The molecule has 0 aliphatic rings. The van der Waals surface area contributed by atoms with Crippen LogP contribution in [0.4, 0.5) is 0 Å². The zero-order valence-electron chi connectivity index (χ0n) is 15.6. The van der Waals surface area contributed by atoms with E-state index in [-0.39, 0.29) is 10.9 Å². The van der Waals surface area contributed by atoms with Gasteiger partial charge in [-0.25, -0.2) is 0 Å². The topological polar surface area (TPSA) is 0 Å². The Morgan fingerprint density at radius 3 is 1.82 bits per heavy atom. The van der Waals surface area contributed by atoms with E-state index in [1.807, 2.05) is 0 Å². The summed E-state index contributed by atoms with van der Waals surface area (Å²) in [6.07, 6.45) is 0. The summed E-state index contributed by atoms with van der Waals surface area (Å²) in [4.78, 5) is 2.82. The first-order valence-electron chi connectivity index (χ1n) is 9.60. The fourth-order valence-corrected chi connectivity index (χ4v) is 6.18. The second kappa shape index (κ2) is 7.53. The van der Waals surface area contributed by atoms with E-state index in [4.69, 9.17) is 0 Å². The maximum absolute atomic E-state index is 2.31. The summed E-state index contributed by atoms with van der Waals surface area (Å²) in [5.74, 6) is 1.01. The molecule has 0 spiro atoms. The molecule has 134 valence electrons. The highest BCUT2D eigenvalue weighted by molar-refractivity contribution is 7.96. The molecule has 0 aromatic heterocycles. The fraction of sp³-hybridized carbons (Fsp3) is 0.0370. The predicted molar refractivity (Wildman–Crippen MR) is 122 cm³/mol. The van der Waals surface area contributed by atoms with Crippen LogP contribution in [0.25, 0.3) is 21.5 Å². The van der Waals surface area contributed by atoms with E-state index in [2.05, 4.69) is 115 Å². The Morgan fingerprint density at radius 2 is 1.04 bits per heavy atom. The van der Waals surface area contributed by atoms with Crippen LogP contribution in [-0.2, 0) is 16.6 Å². The molecule has 0 aliphatic heterocycles. The van der Waals surface area contributed by atoms with Gasteiger partial charge in [-0.05, 0) is 40.4 Å². The highest BCUT2D eigenvalue weighted by Gasteiger charge is 2.28. The zero-order valence-corrected chi connectivity index (χ0v) is 16.4. The molecule has 0 saturated carbocycles. The summed E-state index contributed by atoms with van der Waals surface area (Å²) < 4.78 is 0. The quantitative estimate of drug-likeness (QED) is 0.290. The summed E-state index contributed by atoms with van der Waals surface area (Å²) in [6.45, 7) is 0. The van der Waals surface area contributed by atoms with E-state index >= 15 is 0 Å². The Bertz CT molecular complexity index is 1230. The molecule has 0 heterocycles. The Morgan fingerprint density at radius 1 is 0.464 bits per heavy atom. The summed E-state index contributed by atoms with van der Waals surface area (Å²) in [7, 11) is -0.0328. The molecule has 0 fully saturated rings. The molecule has 1 unspecified atom stereocenters. The molecule has 0 saturated heterocycles. The van der Waals surface area contributed by atoms with Gasteiger partial charge in [0.2, 0.25) is 0 Å². The number of hydrogen-bond acceptors (Lipinski definition) is 0. The third-order valence-corrected chi connectivity index (χ3v) is 7.55. The lowest BCUT2D eigenvalue weighted by Gasteiger charge is -2.12. The van der Waals surface area contributed by atoms with E-state index in [0.29, 0.717) is 0 Å². The van der Waals surface area contributed by atoms with E-state index in [1.165, 1.54) is 36.9 Å². The van der Waals surface area contributed by atoms with Gasteiger partial charge in [-0.15, -0.1) is 0 Å². The largest absolute Gasteiger partial charge is 0.168 e. The van der Waals surface area contributed by atoms with Crippen LogP contribution in [0.1, 0.15) is 5.56 Å². The average Bonchev–Trinajstić information content (AvgIpc) is 2.78. The summed E-state index contributed by atoms with van der Waals surface area (Å²) in [5, 5.41) is 5.34. The van der Waals surface area contributed by atoms with Crippen LogP contribution < -0.4 is 0 Å². The number of benzene rings is 5. The van der Waals surface area contributed by atoms with Crippen molar-refractivity contribution < 1.29 is 0 Å². The molecule has 0 amide bonds. The van der Waals surface area contributed by atoms with E-state index in [1.54, 1.807) is 0 Å². The molecular weight excluding hydrogens is 356 g/mol. The molecule has 0 bridgehead atoms. The van der Waals surface area contributed by atoms with Gasteiger partial charge in [0.05, 0.1) is 10.9 Å². The van der Waals surface area contributed by atoms with Gasteiger partial charge in [0.25, 0.3) is 0 Å². The first-order chi connectivity index (χ1) is 13.9. The highest BCUT2D eigenvalue weighted by Crippen LogP contribution is 2.34. The number of fused-ring (bicyclic) bond motifs is 2. The maximum Gasteiger partial charge on any atom is 0.168 e. The Balaban J connectivity index is 1.69. The molecule has 5 aromatic carbocycles. The van der Waals surface area contributed by atoms with Crippen molar-refractivity contribution in [1.29, 1.82) is 0 Å². The number of hydrogen-bond donors (Lipinski definition) is 0. The molecule has 1 heteroatoms. The second-order valence-corrected chi connectivity index (χ2v) is 8.95. The van der Waals surface area contributed by atoms with Gasteiger partial charge in [-0.1, -0.05) is 91.0 Å². The van der Waals surface area contributed by atoms with Gasteiger partial charge >= 0.3 is 0 Å². The molecule has 1 atom stereocenters. The lowest BCUT2D eigenvalue weighted by atomic mass is 10.1. The monoisotopic (exact) mass is 377 g/mol. The van der Waals surface area contributed by atoms with Crippen molar-refractivity contribution in [1.82, 2.24) is 0 Å². The Kier molecular flexibility index (Phi) is 4.60. The second-order valence-electron chi connectivity index (χ2n) is 6.96. The van der Waals surface area contributed by atoms with Gasteiger partial charge in [0, 0.05) is 10.9 Å². The van der Waals surface area contributed by atoms with Crippen molar-refractivity contribution in [2.45, 2.75) is 15.5 Å². The van der Waals surface area contributed by atoms with Crippen LogP contribution in [0.2, 0.25) is 0 Å². The SMILES string of the molecule is c1ccc([S+](Cc2cccc3ccccc23)c2cccc3ccccc23)cc1. The molecule has 0 radical (unpaired) electrons. The molecule has 0 aliphatic carbocycles. The van der Waals surface area contributed by atoms with Crippen molar-refractivity contribution in [3.8, 4) is 0 Å². The van der Waals surface area contributed by atoms with Crippen molar-refractivity contribution in [2.75, 3.05) is 0 Å². The summed E-state index contributed by atoms with van der Waals surface area (Å²) in [6, 6.07) is 41.8. The third-order valence-electron chi connectivity index (χ3n) is 5.22. The van der Waals surface area contributed by atoms with E-state index in [0.717, 1.165) is 5.75 Å². The minimum Gasteiger partial charge on any atom is -0.0619 e. The lowest BCUT2D eigenvalue weighted by molar-refractivity contribution is 1.34. The minimum absolute atomic E-state index is 0.0328. The van der Waals surface area contributed by atoms with Crippen molar-refractivity contribution >= 4 is 32.4 Å². The molecule has 5 rings (SSSR count).